The van der Waals surface area contributed by atoms with Gasteiger partial charge in [-0.15, -0.1) is 0 Å². The topological polar surface area (TPSA) is 89.4 Å². The van der Waals surface area contributed by atoms with E-state index in [1.54, 1.807) is 31.2 Å². The number of amides is 2. The molecule has 1 rings (SSSR count). The molecule has 1 atom stereocenters. The molecule has 6 heteroatoms. The fourth-order valence-corrected chi connectivity index (χ4v) is 2.03. The van der Waals surface area contributed by atoms with Crippen molar-refractivity contribution in [2.75, 3.05) is 13.1 Å². The smallest absolute Gasteiger partial charge is 0.237 e. The van der Waals surface area contributed by atoms with Crippen LogP contribution in [-0.4, -0.2) is 34.8 Å². The van der Waals surface area contributed by atoms with Crippen molar-refractivity contribution in [2.45, 2.75) is 12.8 Å². The number of nitrogens with zero attached hydrogens (tertiary/aromatic N) is 1. The van der Waals surface area contributed by atoms with Crippen molar-refractivity contribution < 1.29 is 9.59 Å². The molecule has 0 aliphatic rings. The van der Waals surface area contributed by atoms with Crippen LogP contribution in [0, 0.1) is 0 Å². The summed E-state index contributed by atoms with van der Waals surface area (Å²) in [7, 11) is 0. The van der Waals surface area contributed by atoms with Crippen LogP contribution >= 0.6 is 12.2 Å². The van der Waals surface area contributed by atoms with Crippen molar-refractivity contribution in [3.8, 4) is 0 Å². The van der Waals surface area contributed by atoms with Crippen molar-refractivity contribution in [1.29, 1.82) is 0 Å². The van der Waals surface area contributed by atoms with E-state index in [-0.39, 0.29) is 17.4 Å². The maximum atomic E-state index is 12.4. The lowest BCUT2D eigenvalue weighted by Crippen LogP contribution is -2.43. The van der Waals surface area contributed by atoms with Crippen LogP contribution in [0.4, 0.5) is 0 Å². The zero-order valence-electron chi connectivity index (χ0n) is 10.7. The van der Waals surface area contributed by atoms with Gasteiger partial charge in [0, 0.05) is 6.54 Å². The minimum absolute atomic E-state index is 0.0825. The number of rotatable bonds is 6. The van der Waals surface area contributed by atoms with Crippen molar-refractivity contribution in [2.24, 2.45) is 11.5 Å². The summed E-state index contributed by atoms with van der Waals surface area (Å²) < 4.78 is 0. The predicted molar refractivity (Wildman–Crippen MR) is 77.4 cm³/mol. The molecule has 0 aliphatic carbocycles. The maximum absolute atomic E-state index is 12.4. The van der Waals surface area contributed by atoms with Crippen LogP contribution in [0.3, 0.4) is 0 Å². The first-order valence-corrected chi connectivity index (χ1v) is 6.29. The Bertz CT molecular complexity index is 476. The number of benzene rings is 1. The number of primary amides is 1. The van der Waals surface area contributed by atoms with Gasteiger partial charge in [-0.2, -0.15) is 0 Å². The number of nitrogens with two attached hydrogens (primary N) is 2. The van der Waals surface area contributed by atoms with Crippen LogP contribution < -0.4 is 11.5 Å². The number of carbonyl (C=O) groups is 2. The molecular weight excluding hydrogens is 262 g/mol. The zero-order chi connectivity index (χ0) is 14.4. The molecule has 0 saturated heterocycles. The molecule has 19 heavy (non-hydrogen) atoms. The summed E-state index contributed by atoms with van der Waals surface area (Å²) in [5.74, 6) is -1.60. The van der Waals surface area contributed by atoms with Crippen LogP contribution in [-0.2, 0) is 9.59 Å². The summed E-state index contributed by atoms with van der Waals surface area (Å²) in [5.41, 5.74) is 11.5. The monoisotopic (exact) mass is 279 g/mol. The lowest BCUT2D eigenvalue weighted by Gasteiger charge is -2.24. The first-order valence-electron chi connectivity index (χ1n) is 5.88. The van der Waals surface area contributed by atoms with Gasteiger partial charge in [-0.1, -0.05) is 42.5 Å². The van der Waals surface area contributed by atoms with Crippen molar-refractivity contribution in [3.05, 3.63) is 35.9 Å². The zero-order valence-corrected chi connectivity index (χ0v) is 11.5. The predicted octanol–water partition coefficient (Wildman–Crippen LogP) is 0.390. The molecule has 1 aromatic carbocycles. The van der Waals surface area contributed by atoms with Crippen LogP contribution in [0.25, 0.3) is 0 Å². The van der Waals surface area contributed by atoms with E-state index in [1.165, 1.54) is 4.90 Å². The molecule has 0 spiro atoms. The molecule has 0 aliphatic heterocycles. The second-order valence-electron chi connectivity index (χ2n) is 4.06. The summed E-state index contributed by atoms with van der Waals surface area (Å²) in [6.07, 6.45) is 0. The first kappa shape index (κ1) is 15.1. The van der Waals surface area contributed by atoms with Crippen LogP contribution in [0.15, 0.2) is 30.3 Å². The number of hydrogen-bond donors (Lipinski definition) is 2. The molecule has 0 saturated carbocycles. The van der Waals surface area contributed by atoms with Gasteiger partial charge in [0.25, 0.3) is 0 Å². The normalized spacial score (nSPS) is 11.6. The highest BCUT2D eigenvalue weighted by atomic mass is 32.1. The van der Waals surface area contributed by atoms with Gasteiger partial charge in [0.15, 0.2) is 0 Å². The third-order valence-electron chi connectivity index (χ3n) is 2.70. The Morgan fingerprint density at radius 2 is 1.84 bits per heavy atom. The molecular formula is C13H17N3O2S. The largest absolute Gasteiger partial charge is 0.392 e. The summed E-state index contributed by atoms with van der Waals surface area (Å²) in [6, 6.07) is 9.00. The highest BCUT2D eigenvalue weighted by Gasteiger charge is 2.28. The van der Waals surface area contributed by atoms with Gasteiger partial charge in [0.2, 0.25) is 11.8 Å². The van der Waals surface area contributed by atoms with E-state index in [0.29, 0.717) is 12.1 Å². The van der Waals surface area contributed by atoms with Crippen LogP contribution in [0.2, 0.25) is 0 Å². The number of likely N-dealkylation sites (N-methyl/N-ethyl adjacent to an activating group) is 1. The number of carbonyl (C=O) groups excluding carboxylic acids is 2. The summed E-state index contributed by atoms with van der Waals surface area (Å²) in [6.45, 7) is 2.00. The molecule has 1 unspecified atom stereocenters. The van der Waals surface area contributed by atoms with E-state index in [2.05, 4.69) is 0 Å². The van der Waals surface area contributed by atoms with Crippen molar-refractivity contribution in [3.63, 3.8) is 0 Å². The molecule has 4 N–H and O–H groups in total. The van der Waals surface area contributed by atoms with E-state index in [1.807, 2.05) is 6.07 Å². The maximum Gasteiger partial charge on any atom is 0.237 e. The van der Waals surface area contributed by atoms with Crippen LogP contribution in [0.5, 0.6) is 0 Å². The Labute approximate surface area is 117 Å². The Kier molecular flexibility index (Phi) is 5.44. The second kappa shape index (κ2) is 6.84. The highest BCUT2D eigenvalue weighted by molar-refractivity contribution is 7.80. The van der Waals surface area contributed by atoms with Crippen LogP contribution in [0.1, 0.15) is 18.4 Å². The molecule has 0 radical (unpaired) electrons. The van der Waals surface area contributed by atoms with Gasteiger partial charge in [0.1, 0.15) is 5.92 Å². The lowest BCUT2D eigenvalue weighted by molar-refractivity contribution is -0.135. The summed E-state index contributed by atoms with van der Waals surface area (Å²) in [4.78, 5) is 24.8. The van der Waals surface area contributed by atoms with Gasteiger partial charge in [-0.25, -0.2) is 0 Å². The van der Waals surface area contributed by atoms with Gasteiger partial charge >= 0.3 is 0 Å². The lowest BCUT2D eigenvalue weighted by atomic mass is 9.97. The standard InChI is InChI=1S/C13H17N3O2S/c1-2-16(8-10(14)17)13(18)11(12(15)19)9-6-4-3-5-7-9/h3-7,11H,2,8H2,1H3,(H2,14,17)(H2,15,19). The third kappa shape index (κ3) is 4.03. The Morgan fingerprint density at radius 1 is 1.26 bits per heavy atom. The van der Waals surface area contributed by atoms with Crippen molar-refractivity contribution >= 4 is 29.0 Å². The Hall–Kier alpha value is -1.95. The molecule has 0 bridgehead atoms. The fourth-order valence-electron chi connectivity index (χ4n) is 1.79. The molecule has 0 aromatic heterocycles. The van der Waals surface area contributed by atoms with Crippen molar-refractivity contribution in [1.82, 2.24) is 4.90 Å². The van der Waals surface area contributed by atoms with Gasteiger partial charge < -0.3 is 16.4 Å². The highest BCUT2D eigenvalue weighted by Crippen LogP contribution is 2.19. The van der Waals surface area contributed by atoms with E-state index < -0.39 is 11.8 Å². The molecule has 0 fully saturated rings. The second-order valence-corrected chi connectivity index (χ2v) is 4.54. The summed E-state index contributed by atoms with van der Waals surface area (Å²) in [5, 5.41) is 0. The van der Waals surface area contributed by atoms with Gasteiger partial charge in [0.05, 0.1) is 11.5 Å². The molecule has 1 aromatic rings. The van der Waals surface area contributed by atoms with E-state index >= 15 is 0 Å². The van der Waals surface area contributed by atoms with E-state index in [0.717, 1.165) is 0 Å². The third-order valence-corrected chi connectivity index (χ3v) is 2.94. The average molecular weight is 279 g/mol. The SMILES string of the molecule is CCN(CC(N)=O)C(=O)C(C(N)=S)c1ccccc1. The van der Waals surface area contributed by atoms with Gasteiger partial charge in [-0.3, -0.25) is 9.59 Å². The molecule has 2 amide bonds. The van der Waals surface area contributed by atoms with E-state index in [9.17, 15) is 9.59 Å². The Balaban J connectivity index is 3.02. The first-order chi connectivity index (χ1) is 8.97. The minimum Gasteiger partial charge on any atom is -0.392 e. The average Bonchev–Trinajstić information content (AvgIpc) is 2.36. The molecule has 102 valence electrons. The van der Waals surface area contributed by atoms with E-state index in [4.69, 9.17) is 23.7 Å². The number of hydrogen-bond acceptors (Lipinski definition) is 3. The molecule has 0 heterocycles. The summed E-state index contributed by atoms with van der Waals surface area (Å²) >= 11 is 4.97. The quantitative estimate of drug-likeness (QED) is 0.737. The minimum atomic E-state index is -0.726. The van der Waals surface area contributed by atoms with Gasteiger partial charge in [-0.05, 0) is 12.5 Å². The fraction of sp³-hybridized carbons (Fsp3) is 0.308. The molecule has 5 nitrogen and oxygen atoms in total. The Morgan fingerprint density at radius 3 is 2.26 bits per heavy atom. The number of thiocarbonyl (C=S) groups is 1.